The van der Waals surface area contributed by atoms with Crippen LogP contribution < -0.4 is 0 Å². The molecule has 0 spiro atoms. The summed E-state index contributed by atoms with van der Waals surface area (Å²) < 4.78 is 11.5. The van der Waals surface area contributed by atoms with Gasteiger partial charge in [-0.25, -0.2) is 4.79 Å². The topological polar surface area (TPSA) is 38.8 Å². The third-order valence-corrected chi connectivity index (χ3v) is 3.75. The number of fused-ring (bicyclic) bond motifs is 2. The number of hydrogen-bond acceptors (Lipinski definition) is 3. The van der Waals surface area contributed by atoms with Gasteiger partial charge in [-0.2, -0.15) is 0 Å². The third-order valence-electron chi connectivity index (χ3n) is 3.75. The maximum Gasteiger partial charge on any atom is 0.410 e. The summed E-state index contributed by atoms with van der Waals surface area (Å²) in [5.41, 5.74) is 0.676. The van der Waals surface area contributed by atoms with Crippen LogP contribution in [-0.4, -0.2) is 35.3 Å². The Morgan fingerprint density at radius 2 is 2.00 bits per heavy atom. The molecule has 0 aliphatic carbocycles. The molecule has 2 aliphatic rings. The quantitative estimate of drug-likeness (QED) is 0.790. The third kappa shape index (κ3) is 2.52. The van der Waals surface area contributed by atoms with Crippen LogP contribution in [0.1, 0.15) is 38.9 Å². The first-order chi connectivity index (χ1) is 9.44. The summed E-state index contributed by atoms with van der Waals surface area (Å²) in [6.45, 7) is 6.32. The summed E-state index contributed by atoms with van der Waals surface area (Å²) in [5, 5.41) is 0. The largest absolute Gasteiger partial charge is 0.444 e. The lowest BCUT2D eigenvalue weighted by molar-refractivity contribution is -0.0467. The first-order valence-corrected chi connectivity index (χ1v) is 7.14. The summed E-state index contributed by atoms with van der Waals surface area (Å²) in [5.74, 6) is 0. The van der Waals surface area contributed by atoms with Gasteiger partial charge in [0.2, 0.25) is 0 Å². The minimum Gasteiger partial charge on any atom is -0.444 e. The standard InChI is InChI=1S/C16H21NO3/c1-16(2,3)20-15(18)17-10-12-9-13(17)14(19-12)11-7-5-4-6-8-11/h4-8,12-14H,9-10H2,1-3H3/t12-,13-,14+/m0/s1. The number of nitrogens with zero attached hydrogens (tertiary/aromatic N) is 1. The minimum absolute atomic E-state index is 0.0255. The lowest BCUT2D eigenvalue weighted by Crippen LogP contribution is -2.45. The van der Waals surface area contributed by atoms with Gasteiger partial charge in [0.25, 0.3) is 0 Å². The van der Waals surface area contributed by atoms with Crippen molar-refractivity contribution in [3.8, 4) is 0 Å². The van der Waals surface area contributed by atoms with Crippen LogP contribution >= 0.6 is 0 Å². The zero-order chi connectivity index (χ0) is 14.3. The second kappa shape index (κ2) is 4.77. The average molecular weight is 275 g/mol. The summed E-state index contributed by atoms with van der Waals surface area (Å²) in [6, 6.07) is 10.2. The van der Waals surface area contributed by atoms with E-state index in [9.17, 15) is 4.79 Å². The normalized spacial score (nSPS) is 28.8. The molecule has 2 heterocycles. The van der Waals surface area contributed by atoms with E-state index in [1.54, 1.807) is 0 Å². The van der Waals surface area contributed by atoms with Gasteiger partial charge in [0.1, 0.15) is 11.7 Å². The van der Waals surface area contributed by atoms with Crippen LogP contribution in [0.2, 0.25) is 0 Å². The van der Waals surface area contributed by atoms with Crippen LogP contribution in [0.3, 0.4) is 0 Å². The van der Waals surface area contributed by atoms with Crippen molar-refractivity contribution in [1.29, 1.82) is 0 Å². The number of carbonyl (C=O) groups is 1. The summed E-state index contributed by atoms with van der Waals surface area (Å²) in [6.07, 6.45) is 0.785. The molecule has 2 fully saturated rings. The molecular weight excluding hydrogens is 254 g/mol. The zero-order valence-electron chi connectivity index (χ0n) is 12.2. The average Bonchev–Trinajstić information content (AvgIpc) is 2.97. The monoisotopic (exact) mass is 275 g/mol. The lowest BCUT2D eigenvalue weighted by Gasteiger charge is -2.34. The van der Waals surface area contributed by atoms with Crippen LogP contribution in [-0.2, 0) is 9.47 Å². The molecule has 2 bridgehead atoms. The Morgan fingerprint density at radius 3 is 2.60 bits per heavy atom. The number of hydrogen-bond donors (Lipinski definition) is 0. The highest BCUT2D eigenvalue weighted by atomic mass is 16.6. The van der Waals surface area contributed by atoms with Gasteiger partial charge in [0.05, 0.1) is 18.7 Å². The molecule has 0 aromatic heterocycles. The number of ether oxygens (including phenoxy) is 2. The Labute approximate surface area is 119 Å². The van der Waals surface area contributed by atoms with E-state index in [-0.39, 0.29) is 24.3 Å². The number of morpholine rings is 1. The van der Waals surface area contributed by atoms with Crippen LogP contribution in [0.25, 0.3) is 0 Å². The van der Waals surface area contributed by atoms with E-state index in [0.717, 1.165) is 12.0 Å². The van der Waals surface area contributed by atoms with Gasteiger partial charge in [0, 0.05) is 0 Å². The smallest absolute Gasteiger partial charge is 0.410 e. The van der Waals surface area contributed by atoms with Gasteiger partial charge in [-0.05, 0) is 32.8 Å². The van der Waals surface area contributed by atoms with Crippen molar-refractivity contribution in [1.82, 2.24) is 4.90 Å². The van der Waals surface area contributed by atoms with E-state index in [0.29, 0.717) is 6.54 Å². The predicted octanol–water partition coefficient (Wildman–Crippen LogP) is 3.14. The summed E-state index contributed by atoms with van der Waals surface area (Å²) in [4.78, 5) is 14.1. The first kappa shape index (κ1) is 13.4. The van der Waals surface area contributed by atoms with Gasteiger partial charge in [-0.3, -0.25) is 4.90 Å². The molecular formula is C16H21NO3. The Hall–Kier alpha value is -1.55. The second-order valence-corrected chi connectivity index (χ2v) is 6.53. The number of carbonyl (C=O) groups excluding carboxylic acids is 1. The van der Waals surface area contributed by atoms with E-state index < -0.39 is 5.60 Å². The minimum atomic E-state index is -0.456. The van der Waals surface area contributed by atoms with Crippen LogP contribution in [0.4, 0.5) is 4.79 Å². The Kier molecular flexibility index (Phi) is 3.21. The highest BCUT2D eigenvalue weighted by Crippen LogP contribution is 2.42. The van der Waals surface area contributed by atoms with Gasteiger partial charge >= 0.3 is 6.09 Å². The molecule has 3 atom stereocenters. The molecule has 3 rings (SSSR count). The van der Waals surface area contributed by atoms with Crippen molar-refractivity contribution in [2.75, 3.05) is 6.54 Å². The van der Waals surface area contributed by atoms with Crippen molar-refractivity contribution in [3.63, 3.8) is 0 Å². The maximum absolute atomic E-state index is 12.3. The van der Waals surface area contributed by atoms with E-state index >= 15 is 0 Å². The number of rotatable bonds is 1. The van der Waals surface area contributed by atoms with Gasteiger partial charge < -0.3 is 9.47 Å². The Morgan fingerprint density at radius 1 is 1.30 bits per heavy atom. The van der Waals surface area contributed by atoms with Gasteiger partial charge in [-0.15, -0.1) is 0 Å². The molecule has 1 amide bonds. The molecule has 1 aromatic rings. The summed E-state index contributed by atoms with van der Waals surface area (Å²) >= 11 is 0. The van der Waals surface area contributed by atoms with Crippen LogP contribution in [0, 0.1) is 0 Å². The molecule has 108 valence electrons. The fourth-order valence-corrected chi connectivity index (χ4v) is 2.98. The fourth-order valence-electron chi connectivity index (χ4n) is 2.98. The van der Waals surface area contributed by atoms with Crippen molar-refractivity contribution in [3.05, 3.63) is 35.9 Å². The molecule has 2 aliphatic heterocycles. The van der Waals surface area contributed by atoms with Crippen molar-refractivity contribution < 1.29 is 14.3 Å². The lowest BCUT2D eigenvalue weighted by atomic mass is 10.0. The number of likely N-dealkylation sites (tertiary alicyclic amines) is 1. The zero-order valence-corrected chi connectivity index (χ0v) is 12.2. The van der Waals surface area contributed by atoms with E-state index in [1.807, 2.05) is 43.9 Å². The molecule has 0 N–H and O–H groups in total. The van der Waals surface area contributed by atoms with Crippen LogP contribution in [0.5, 0.6) is 0 Å². The Bertz CT molecular complexity index is 494. The van der Waals surface area contributed by atoms with Gasteiger partial charge in [0.15, 0.2) is 0 Å². The first-order valence-electron chi connectivity index (χ1n) is 7.14. The highest BCUT2D eigenvalue weighted by Gasteiger charge is 2.49. The van der Waals surface area contributed by atoms with Crippen molar-refractivity contribution >= 4 is 6.09 Å². The molecule has 1 aromatic carbocycles. The molecule has 0 radical (unpaired) electrons. The Balaban J connectivity index is 1.75. The number of benzene rings is 1. The van der Waals surface area contributed by atoms with E-state index in [2.05, 4.69) is 12.1 Å². The summed E-state index contributed by atoms with van der Waals surface area (Å²) in [7, 11) is 0. The predicted molar refractivity (Wildman–Crippen MR) is 75.4 cm³/mol. The SMILES string of the molecule is CC(C)(C)OC(=O)N1C[C@@H]2C[C@H]1[C@@H](c1ccccc1)O2. The fraction of sp³-hybridized carbons (Fsp3) is 0.562. The van der Waals surface area contributed by atoms with E-state index in [4.69, 9.17) is 9.47 Å². The molecule has 4 nitrogen and oxygen atoms in total. The van der Waals surface area contributed by atoms with Crippen molar-refractivity contribution in [2.45, 2.75) is 51.0 Å². The highest BCUT2D eigenvalue weighted by molar-refractivity contribution is 5.69. The van der Waals surface area contributed by atoms with Crippen molar-refractivity contribution in [2.24, 2.45) is 0 Å². The molecule has 0 unspecified atom stereocenters. The number of amides is 1. The molecule has 4 heteroatoms. The molecule has 2 saturated heterocycles. The maximum atomic E-state index is 12.3. The molecule has 0 saturated carbocycles. The molecule has 20 heavy (non-hydrogen) atoms. The van der Waals surface area contributed by atoms with E-state index in [1.165, 1.54) is 0 Å². The van der Waals surface area contributed by atoms with Gasteiger partial charge in [-0.1, -0.05) is 30.3 Å². The van der Waals surface area contributed by atoms with Crippen LogP contribution in [0.15, 0.2) is 30.3 Å². The second-order valence-electron chi connectivity index (χ2n) is 6.53.